The van der Waals surface area contributed by atoms with Gasteiger partial charge in [0.05, 0.1) is 18.4 Å². The van der Waals surface area contributed by atoms with Crippen LogP contribution in [-0.2, 0) is 6.42 Å². The zero-order valence-electron chi connectivity index (χ0n) is 14.9. The Bertz CT molecular complexity index is 878. The molecule has 2 aromatic carbocycles. The fourth-order valence-electron chi connectivity index (χ4n) is 2.63. The van der Waals surface area contributed by atoms with E-state index in [4.69, 9.17) is 4.74 Å². The van der Waals surface area contributed by atoms with Crippen molar-refractivity contribution in [1.82, 2.24) is 15.3 Å². The first-order chi connectivity index (χ1) is 12.7. The Morgan fingerprint density at radius 2 is 1.81 bits per heavy atom. The first-order valence-corrected chi connectivity index (χ1v) is 8.47. The molecule has 0 bridgehead atoms. The van der Waals surface area contributed by atoms with E-state index in [1.807, 2.05) is 61.5 Å². The SMILES string of the molecule is COc1ccc(-c2ncc(C(=O)NCCc3ccccc3)c(C)n2)cc1. The molecule has 0 saturated carbocycles. The van der Waals surface area contributed by atoms with Crippen LogP contribution in [0.5, 0.6) is 5.75 Å². The summed E-state index contributed by atoms with van der Waals surface area (Å²) in [5.74, 6) is 1.21. The van der Waals surface area contributed by atoms with Crippen molar-refractivity contribution in [3.63, 3.8) is 0 Å². The molecule has 26 heavy (non-hydrogen) atoms. The number of nitrogens with zero attached hydrogens (tertiary/aromatic N) is 2. The molecule has 0 aliphatic rings. The van der Waals surface area contributed by atoms with Crippen molar-refractivity contribution >= 4 is 5.91 Å². The zero-order valence-corrected chi connectivity index (χ0v) is 14.9. The van der Waals surface area contributed by atoms with Crippen LogP contribution in [-0.4, -0.2) is 29.5 Å². The molecule has 3 aromatic rings. The van der Waals surface area contributed by atoms with Gasteiger partial charge >= 0.3 is 0 Å². The van der Waals surface area contributed by atoms with Crippen LogP contribution < -0.4 is 10.1 Å². The largest absolute Gasteiger partial charge is 0.497 e. The molecule has 1 amide bonds. The van der Waals surface area contributed by atoms with Gasteiger partial charge in [-0.25, -0.2) is 9.97 Å². The van der Waals surface area contributed by atoms with E-state index in [2.05, 4.69) is 15.3 Å². The van der Waals surface area contributed by atoms with Gasteiger partial charge in [-0.15, -0.1) is 0 Å². The molecule has 5 heteroatoms. The van der Waals surface area contributed by atoms with Crippen LogP contribution in [0.3, 0.4) is 0 Å². The Kier molecular flexibility index (Phi) is 5.59. The summed E-state index contributed by atoms with van der Waals surface area (Å²) in [6.45, 7) is 2.39. The Balaban J connectivity index is 1.65. The first kappa shape index (κ1) is 17.6. The Labute approximate surface area is 153 Å². The van der Waals surface area contributed by atoms with Crippen molar-refractivity contribution in [2.24, 2.45) is 0 Å². The van der Waals surface area contributed by atoms with Crippen molar-refractivity contribution in [3.8, 4) is 17.1 Å². The van der Waals surface area contributed by atoms with Crippen molar-refractivity contribution in [2.75, 3.05) is 13.7 Å². The van der Waals surface area contributed by atoms with Crippen LogP contribution >= 0.6 is 0 Å². The molecule has 3 rings (SSSR count). The maximum atomic E-state index is 12.4. The van der Waals surface area contributed by atoms with Gasteiger partial charge in [0.1, 0.15) is 5.75 Å². The molecule has 0 spiro atoms. The van der Waals surface area contributed by atoms with E-state index in [-0.39, 0.29) is 5.91 Å². The van der Waals surface area contributed by atoms with Crippen molar-refractivity contribution in [3.05, 3.63) is 77.6 Å². The van der Waals surface area contributed by atoms with Gasteiger partial charge in [0.25, 0.3) is 5.91 Å². The van der Waals surface area contributed by atoms with Crippen LogP contribution in [0.15, 0.2) is 60.8 Å². The summed E-state index contributed by atoms with van der Waals surface area (Å²) in [7, 11) is 1.63. The van der Waals surface area contributed by atoms with Gasteiger partial charge in [-0.1, -0.05) is 30.3 Å². The summed E-state index contributed by atoms with van der Waals surface area (Å²) in [4.78, 5) is 21.2. The number of aromatic nitrogens is 2. The van der Waals surface area contributed by atoms with E-state index in [9.17, 15) is 4.79 Å². The standard InChI is InChI=1S/C21H21N3O2/c1-15-19(21(25)22-13-12-16-6-4-3-5-7-16)14-23-20(24-15)17-8-10-18(26-2)11-9-17/h3-11,14H,12-13H2,1-2H3,(H,22,25). The van der Waals surface area contributed by atoms with E-state index in [1.54, 1.807) is 13.3 Å². The third-order valence-electron chi connectivity index (χ3n) is 4.11. The lowest BCUT2D eigenvalue weighted by Crippen LogP contribution is -2.26. The molecule has 1 aromatic heterocycles. The third kappa shape index (κ3) is 4.25. The summed E-state index contributed by atoms with van der Waals surface area (Å²) >= 11 is 0. The van der Waals surface area contributed by atoms with Gasteiger partial charge in [-0.2, -0.15) is 0 Å². The molecule has 1 heterocycles. The number of aryl methyl sites for hydroxylation is 1. The number of hydrogen-bond acceptors (Lipinski definition) is 4. The Hall–Kier alpha value is -3.21. The summed E-state index contributed by atoms with van der Waals surface area (Å²) in [5, 5.41) is 2.93. The highest BCUT2D eigenvalue weighted by molar-refractivity contribution is 5.95. The number of carbonyl (C=O) groups is 1. The molecular weight excluding hydrogens is 326 g/mol. The number of rotatable bonds is 6. The molecule has 0 unspecified atom stereocenters. The van der Waals surface area contributed by atoms with E-state index in [0.717, 1.165) is 17.7 Å². The van der Waals surface area contributed by atoms with Crippen molar-refractivity contribution < 1.29 is 9.53 Å². The number of carbonyl (C=O) groups excluding carboxylic acids is 1. The first-order valence-electron chi connectivity index (χ1n) is 8.47. The molecule has 0 atom stereocenters. The Morgan fingerprint density at radius 3 is 2.46 bits per heavy atom. The van der Waals surface area contributed by atoms with Crippen LogP contribution in [0, 0.1) is 6.92 Å². The average Bonchev–Trinajstić information content (AvgIpc) is 2.68. The molecule has 1 N–H and O–H groups in total. The van der Waals surface area contributed by atoms with Crippen LogP contribution in [0.1, 0.15) is 21.6 Å². The zero-order chi connectivity index (χ0) is 18.4. The highest BCUT2D eigenvalue weighted by Gasteiger charge is 2.12. The predicted octanol–water partition coefficient (Wildman–Crippen LogP) is 3.43. The second kappa shape index (κ2) is 8.25. The van der Waals surface area contributed by atoms with Crippen LogP contribution in [0.2, 0.25) is 0 Å². The minimum atomic E-state index is -0.153. The van der Waals surface area contributed by atoms with Crippen LogP contribution in [0.4, 0.5) is 0 Å². The Morgan fingerprint density at radius 1 is 1.08 bits per heavy atom. The normalized spacial score (nSPS) is 10.4. The summed E-state index contributed by atoms with van der Waals surface area (Å²) in [6.07, 6.45) is 2.37. The van der Waals surface area contributed by atoms with Gasteiger partial charge in [0.2, 0.25) is 0 Å². The van der Waals surface area contributed by atoms with Gasteiger partial charge < -0.3 is 10.1 Å². The maximum Gasteiger partial charge on any atom is 0.254 e. The fourth-order valence-corrected chi connectivity index (χ4v) is 2.63. The third-order valence-corrected chi connectivity index (χ3v) is 4.11. The van der Waals surface area contributed by atoms with Gasteiger partial charge in [-0.05, 0) is 43.2 Å². The van der Waals surface area contributed by atoms with Crippen LogP contribution in [0.25, 0.3) is 11.4 Å². The fraction of sp³-hybridized carbons (Fsp3) is 0.190. The summed E-state index contributed by atoms with van der Waals surface area (Å²) in [5.41, 5.74) is 3.22. The number of amides is 1. The van der Waals surface area contributed by atoms with E-state index >= 15 is 0 Å². The molecule has 0 aliphatic carbocycles. The molecular formula is C21H21N3O2. The van der Waals surface area contributed by atoms with E-state index in [1.165, 1.54) is 5.56 Å². The quantitative estimate of drug-likeness (QED) is 0.742. The maximum absolute atomic E-state index is 12.4. The lowest BCUT2D eigenvalue weighted by atomic mass is 10.1. The van der Waals surface area contributed by atoms with Gasteiger partial charge in [0, 0.05) is 18.3 Å². The topological polar surface area (TPSA) is 64.1 Å². The molecule has 0 aliphatic heterocycles. The van der Waals surface area contributed by atoms with Crippen molar-refractivity contribution in [2.45, 2.75) is 13.3 Å². The lowest BCUT2D eigenvalue weighted by Gasteiger charge is -2.09. The average molecular weight is 347 g/mol. The summed E-state index contributed by atoms with van der Waals surface area (Å²) in [6, 6.07) is 17.6. The molecule has 132 valence electrons. The highest BCUT2D eigenvalue weighted by Crippen LogP contribution is 2.20. The van der Waals surface area contributed by atoms with E-state index in [0.29, 0.717) is 23.6 Å². The van der Waals surface area contributed by atoms with Gasteiger partial charge in [-0.3, -0.25) is 4.79 Å². The number of benzene rings is 2. The van der Waals surface area contributed by atoms with Crippen molar-refractivity contribution in [1.29, 1.82) is 0 Å². The predicted molar refractivity (Wildman–Crippen MR) is 101 cm³/mol. The molecule has 5 nitrogen and oxygen atoms in total. The smallest absolute Gasteiger partial charge is 0.254 e. The van der Waals surface area contributed by atoms with Gasteiger partial charge in [0.15, 0.2) is 5.82 Å². The molecule has 0 radical (unpaired) electrons. The second-order valence-corrected chi connectivity index (χ2v) is 5.91. The van der Waals surface area contributed by atoms with E-state index < -0.39 is 0 Å². The molecule has 0 fully saturated rings. The minimum absolute atomic E-state index is 0.153. The lowest BCUT2D eigenvalue weighted by molar-refractivity contribution is 0.0952. The minimum Gasteiger partial charge on any atom is -0.497 e. The monoisotopic (exact) mass is 347 g/mol. The summed E-state index contributed by atoms with van der Waals surface area (Å²) < 4.78 is 5.16. The molecule has 0 saturated heterocycles. The number of nitrogens with one attached hydrogen (secondary N) is 1. The highest BCUT2D eigenvalue weighted by atomic mass is 16.5. The number of ether oxygens (including phenoxy) is 1. The number of methoxy groups -OCH3 is 1. The second-order valence-electron chi connectivity index (χ2n) is 5.91. The number of hydrogen-bond donors (Lipinski definition) is 1.